The third kappa shape index (κ3) is 2.20. The van der Waals surface area contributed by atoms with Crippen LogP contribution in [0.2, 0.25) is 0 Å². The fourth-order valence-corrected chi connectivity index (χ4v) is 2.87. The number of nitrogens with zero attached hydrogens (tertiary/aromatic N) is 1. The van der Waals surface area contributed by atoms with E-state index in [0.29, 0.717) is 18.7 Å². The molecule has 0 saturated carbocycles. The van der Waals surface area contributed by atoms with Gasteiger partial charge < -0.3 is 10.1 Å². The van der Waals surface area contributed by atoms with Crippen molar-refractivity contribution in [3.63, 3.8) is 0 Å². The second-order valence-corrected chi connectivity index (χ2v) is 4.99. The molecule has 2 aliphatic heterocycles. The highest BCUT2D eigenvalue weighted by atomic mass is 16.6. The number of rotatable bonds is 2. The molecule has 4 heteroatoms. The maximum absolute atomic E-state index is 12.1. The second kappa shape index (κ2) is 4.98. The number of ether oxygens (including phenoxy) is 1. The molecule has 1 aromatic carbocycles. The minimum atomic E-state index is -0.159. The standard InChI is InChI=1S/C14H18N2O2/c17-14(18-10-11-4-2-1-3-5-11)16-12-6-7-13(16)9-15-8-12/h1-5,12-13,15H,6-10H2/t12-,13+. The first kappa shape index (κ1) is 11.5. The van der Waals surface area contributed by atoms with Crippen LogP contribution >= 0.6 is 0 Å². The fourth-order valence-electron chi connectivity index (χ4n) is 2.87. The van der Waals surface area contributed by atoms with Crippen molar-refractivity contribution in [1.29, 1.82) is 0 Å². The summed E-state index contributed by atoms with van der Waals surface area (Å²) in [7, 11) is 0. The van der Waals surface area contributed by atoms with Gasteiger partial charge in [-0.3, -0.25) is 4.90 Å². The molecule has 2 heterocycles. The lowest BCUT2D eigenvalue weighted by molar-refractivity contribution is 0.0693. The number of amides is 1. The molecule has 3 rings (SSSR count). The van der Waals surface area contributed by atoms with Gasteiger partial charge in [0.1, 0.15) is 6.61 Å². The van der Waals surface area contributed by atoms with Crippen molar-refractivity contribution in [3.05, 3.63) is 35.9 Å². The molecule has 2 bridgehead atoms. The van der Waals surface area contributed by atoms with Crippen LogP contribution < -0.4 is 5.32 Å². The van der Waals surface area contributed by atoms with Gasteiger partial charge >= 0.3 is 6.09 Å². The first-order valence-electron chi connectivity index (χ1n) is 6.54. The average Bonchev–Trinajstić information content (AvgIpc) is 2.67. The van der Waals surface area contributed by atoms with Gasteiger partial charge in [0, 0.05) is 25.2 Å². The monoisotopic (exact) mass is 246 g/mol. The molecule has 0 aromatic heterocycles. The van der Waals surface area contributed by atoms with Crippen LogP contribution in [-0.2, 0) is 11.3 Å². The highest BCUT2D eigenvalue weighted by Crippen LogP contribution is 2.27. The molecule has 18 heavy (non-hydrogen) atoms. The maximum atomic E-state index is 12.1. The molecular formula is C14H18N2O2. The van der Waals surface area contributed by atoms with Gasteiger partial charge in [-0.05, 0) is 18.4 Å². The summed E-state index contributed by atoms with van der Waals surface area (Å²) in [5, 5.41) is 3.36. The number of piperazine rings is 1. The predicted molar refractivity (Wildman–Crippen MR) is 68.1 cm³/mol. The van der Waals surface area contributed by atoms with Crippen molar-refractivity contribution in [3.8, 4) is 0 Å². The Morgan fingerprint density at radius 3 is 2.56 bits per heavy atom. The Balaban J connectivity index is 1.59. The van der Waals surface area contributed by atoms with E-state index >= 15 is 0 Å². The Morgan fingerprint density at radius 1 is 1.22 bits per heavy atom. The Bertz CT molecular complexity index is 405. The van der Waals surface area contributed by atoms with Crippen molar-refractivity contribution in [2.24, 2.45) is 0 Å². The lowest BCUT2D eigenvalue weighted by Crippen LogP contribution is -2.54. The van der Waals surface area contributed by atoms with Gasteiger partial charge in [0.2, 0.25) is 0 Å². The van der Waals surface area contributed by atoms with Gasteiger partial charge in [0.05, 0.1) is 0 Å². The third-order valence-corrected chi connectivity index (χ3v) is 3.80. The zero-order valence-corrected chi connectivity index (χ0v) is 10.3. The first-order valence-corrected chi connectivity index (χ1v) is 6.54. The summed E-state index contributed by atoms with van der Waals surface area (Å²) in [5.41, 5.74) is 1.04. The zero-order chi connectivity index (χ0) is 12.4. The summed E-state index contributed by atoms with van der Waals surface area (Å²) in [4.78, 5) is 14.0. The molecule has 1 N–H and O–H groups in total. The second-order valence-electron chi connectivity index (χ2n) is 4.99. The van der Waals surface area contributed by atoms with Crippen LogP contribution in [0.1, 0.15) is 18.4 Å². The number of hydrogen-bond donors (Lipinski definition) is 1. The summed E-state index contributed by atoms with van der Waals surface area (Å²) < 4.78 is 5.41. The smallest absolute Gasteiger partial charge is 0.410 e. The SMILES string of the molecule is O=C(OCc1ccccc1)N1[C@@H]2CC[C@H]1CNC2. The molecule has 4 nitrogen and oxygen atoms in total. The maximum Gasteiger partial charge on any atom is 0.410 e. The highest BCUT2D eigenvalue weighted by molar-refractivity contribution is 5.69. The molecule has 1 aromatic rings. The number of carbonyl (C=O) groups excluding carboxylic acids is 1. The van der Waals surface area contributed by atoms with Crippen LogP contribution in [0.3, 0.4) is 0 Å². The largest absolute Gasteiger partial charge is 0.445 e. The highest BCUT2D eigenvalue weighted by Gasteiger charge is 2.40. The van der Waals surface area contributed by atoms with Crippen LogP contribution in [0.15, 0.2) is 30.3 Å². The zero-order valence-electron chi connectivity index (χ0n) is 10.3. The molecule has 0 unspecified atom stereocenters. The number of carbonyl (C=O) groups is 1. The van der Waals surface area contributed by atoms with Gasteiger partial charge in [0.25, 0.3) is 0 Å². The van der Waals surface area contributed by atoms with Crippen LogP contribution in [0.4, 0.5) is 4.79 Å². The Labute approximate surface area is 107 Å². The summed E-state index contributed by atoms with van der Waals surface area (Å²) in [6.07, 6.45) is 2.03. The normalized spacial score (nSPS) is 26.1. The van der Waals surface area contributed by atoms with E-state index in [9.17, 15) is 4.79 Å². The first-order chi connectivity index (χ1) is 8.84. The van der Waals surface area contributed by atoms with E-state index in [1.807, 2.05) is 35.2 Å². The Kier molecular flexibility index (Phi) is 3.19. The molecule has 2 atom stereocenters. The topological polar surface area (TPSA) is 41.6 Å². The minimum absolute atomic E-state index is 0.159. The van der Waals surface area contributed by atoms with E-state index < -0.39 is 0 Å². The van der Waals surface area contributed by atoms with E-state index in [4.69, 9.17) is 4.74 Å². The van der Waals surface area contributed by atoms with Crippen LogP contribution in [-0.4, -0.2) is 36.2 Å². The van der Waals surface area contributed by atoms with Gasteiger partial charge in [-0.25, -0.2) is 4.79 Å². The van der Waals surface area contributed by atoms with Crippen LogP contribution in [0.5, 0.6) is 0 Å². The van der Waals surface area contributed by atoms with Crippen LogP contribution in [0, 0.1) is 0 Å². The van der Waals surface area contributed by atoms with Gasteiger partial charge in [-0.15, -0.1) is 0 Å². The van der Waals surface area contributed by atoms with Gasteiger partial charge in [0.15, 0.2) is 0 Å². The summed E-state index contributed by atoms with van der Waals surface area (Å²) in [5.74, 6) is 0. The quantitative estimate of drug-likeness (QED) is 0.864. The third-order valence-electron chi connectivity index (χ3n) is 3.80. The molecule has 0 spiro atoms. The molecule has 2 saturated heterocycles. The molecule has 0 aliphatic carbocycles. The van der Waals surface area contributed by atoms with Crippen molar-refractivity contribution in [2.75, 3.05) is 13.1 Å². The molecule has 96 valence electrons. The predicted octanol–water partition coefficient (Wildman–Crippen LogP) is 1.76. The van der Waals surface area contributed by atoms with Crippen molar-refractivity contribution >= 4 is 6.09 Å². The number of benzene rings is 1. The van der Waals surface area contributed by atoms with E-state index in [0.717, 1.165) is 31.5 Å². The Morgan fingerprint density at radius 2 is 1.89 bits per heavy atom. The molecule has 2 fully saturated rings. The Hall–Kier alpha value is -1.55. The molecular weight excluding hydrogens is 228 g/mol. The van der Waals surface area contributed by atoms with Gasteiger partial charge in [-0.1, -0.05) is 30.3 Å². The minimum Gasteiger partial charge on any atom is -0.445 e. The summed E-state index contributed by atoms with van der Waals surface area (Å²) in [6.45, 7) is 2.16. The van der Waals surface area contributed by atoms with E-state index in [1.54, 1.807) is 0 Å². The number of nitrogens with one attached hydrogen (secondary N) is 1. The van der Waals surface area contributed by atoms with E-state index in [1.165, 1.54) is 0 Å². The molecule has 1 amide bonds. The number of hydrogen-bond acceptors (Lipinski definition) is 3. The fraction of sp³-hybridized carbons (Fsp3) is 0.500. The van der Waals surface area contributed by atoms with Crippen LogP contribution in [0.25, 0.3) is 0 Å². The van der Waals surface area contributed by atoms with Crippen molar-refractivity contribution in [1.82, 2.24) is 10.2 Å². The van der Waals surface area contributed by atoms with E-state index in [2.05, 4.69) is 5.32 Å². The lowest BCUT2D eigenvalue weighted by Gasteiger charge is -2.34. The molecule has 2 aliphatic rings. The molecule has 0 radical (unpaired) electrons. The number of fused-ring (bicyclic) bond motifs is 2. The van der Waals surface area contributed by atoms with Gasteiger partial charge in [-0.2, -0.15) is 0 Å². The summed E-state index contributed by atoms with van der Waals surface area (Å²) in [6, 6.07) is 10.5. The van der Waals surface area contributed by atoms with Crippen molar-refractivity contribution < 1.29 is 9.53 Å². The average molecular weight is 246 g/mol. The van der Waals surface area contributed by atoms with Crippen molar-refractivity contribution in [2.45, 2.75) is 31.5 Å². The van der Waals surface area contributed by atoms with E-state index in [-0.39, 0.29) is 6.09 Å². The summed E-state index contributed by atoms with van der Waals surface area (Å²) >= 11 is 0. The lowest BCUT2D eigenvalue weighted by atomic mass is 10.2.